The van der Waals surface area contributed by atoms with Crippen molar-refractivity contribution < 1.29 is 4.74 Å². The molecule has 3 rings (SSSR count). The van der Waals surface area contributed by atoms with Gasteiger partial charge in [0.1, 0.15) is 9.57 Å². The van der Waals surface area contributed by atoms with E-state index >= 15 is 0 Å². The largest absolute Gasteiger partial charge is 0.497 e. The van der Waals surface area contributed by atoms with Crippen molar-refractivity contribution >= 4 is 32.9 Å². The van der Waals surface area contributed by atoms with Gasteiger partial charge < -0.3 is 4.74 Å². The molecular formula is C17H14OS3. The molecule has 1 aromatic heterocycles. The van der Waals surface area contributed by atoms with Gasteiger partial charge in [-0.05, 0) is 30.2 Å². The second kappa shape index (κ2) is 6.10. The molecule has 0 spiro atoms. The zero-order valence-electron chi connectivity index (χ0n) is 11.8. The second-order valence-electron chi connectivity index (χ2n) is 4.75. The van der Waals surface area contributed by atoms with Gasteiger partial charge >= 0.3 is 0 Å². The van der Waals surface area contributed by atoms with E-state index in [4.69, 9.17) is 17.0 Å². The van der Waals surface area contributed by atoms with Crippen LogP contribution in [0.5, 0.6) is 5.75 Å². The van der Waals surface area contributed by atoms with Gasteiger partial charge in [-0.3, -0.25) is 0 Å². The highest BCUT2D eigenvalue weighted by Crippen LogP contribution is 2.41. The Labute approximate surface area is 136 Å². The fourth-order valence-corrected chi connectivity index (χ4v) is 5.08. The number of ether oxygens (including phenoxy) is 1. The molecule has 0 aliphatic heterocycles. The zero-order chi connectivity index (χ0) is 14.8. The van der Waals surface area contributed by atoms with E-state index in [9.17, 15) is 0 Å². The van der Waals surface area contributed by atoms with E-state index in [1.807, 2.05) is 12.1 Å². The number of hydrogen-bond acceptors (Lipinski definition) is 4. The number of benzene rings is 2. The summed E-state index contributed by atoms with van der Waals surface area (Å²) in [5, 5.41) is 0. The third-order valence-electron chi connectivity index (χ3n) is 3.32. The summed E-state index contributed by atoms with van der Waals surface area (Å²) < 4.78 is 6.17. The predicted octanol–water partition coefficient (Wildman–Crippen LogP) is 6.19. The minimum Gasteiger partial charge on any atom is -0.497 e. The van der Waals surface area contributed by atoms with Crippen LogP contribution in [0.1, 0.15) is 5.56 Å². The first-order valence-electron chi connectivity index (χ1n) is 6.53. The van der Waals surface area contributed by atoms with Gasteiger partial charge in [-0.2, -0.15) is 0 Å². The number of rotatable bonds is 3. The van der Waals surface area contributed by atoms with Crippen molar-refractivity contribution in [1.29, 1.82) is 0 Å². The quantitative estimate of drug-likeness (QED) is 0.418. The highest BCUT2D eigenvalue weighted by Gasteiger charge is 2.12. The average Bonchev–Trinajstić information content (AvgIpc) is 2.90. The average molecular weight is 330 g/mol. The monoisotopic (exact) mass is 330 g/mol. The Balaban J connectivity index is 2.12. The maximum atomic E-state index is 5.54. The number of hydrogen-bond donors (Lipinski definition) is 0. The van der Waals surface area contributed by atoms with Crippen LogP contribution in [0.15, 0.2) is 48.5 Å². The van der Waals surface area contributed by atoms with E-state index in [2.05, 4.69) is 43.3 Å². The summed E-state index contributed by atoms with van der Waals surface area (Å²) in [6, 6.07) is 16.7. The van der Waals surface area contributed by atoms with Gasteiger partial charge in [-0.15, -0.1) is 0 Å². The van der Waals surface area contributed by atoms with E-state index < -0.39 is 0 Å². The lowest BCUT2D eigenvalue weighted by atomic mass is 10.0. The first kappa shape index (κ1) is 14.4. The van der Waals surface area contributed by atoms with Gasteiger partial charge in [0.15, 0.2) is 0 Å². The molecule has 0 fully saturated rings. The third kappa shape index (κ3) is 2.93. The summed E-state index contributed by atoms with van der Waals surface area (Å²) in [5.74, 6) is 0.862. The van der Waals surface area contributed by atoms with Crippen molar-refractivity contribution in [2.75, 3.05) is 7.11 Å². The molecule has 1 heterocycles. The molecule has 0 aliphatic rings. The van der Waals surface area contributed by atoms with Crippen molar-refractivity contribution in [1.82, 2.24) is 0 Å². The maximum Gasteiger partial charge on any atom is 0.118 e. The van der Waals surface area contributed by atoms with E-state index in [-0.39, 0.29) is 0 Å². The van der Waals surface area contributed by atoms with Crippen LogP contribution in [0.4, 0.5) is 0 Å². The van der Waals surface area contributed by atoms with Crippen molar-refractivity contribution in [2.45, 2.75) is 6.92 Å². The van der Waals surface area contributed by atoms with Crippen LogP contribution in [0.3, 0.4) is 0 Å². The standard InChI is InChI=1S/C17H14OS3/c1-11-3-5-13(6-4-11)16-15(17(19)21-20-16)12-7-9-14(18-2)10-8-12/h3-10H,1-2H3. The lowest BCUT2D eigenvalue weighted by Gasteiger charge is -2.05. The molecule has 0 amide bonds. The summed E-state index contributed by atoms with van der Waals surface area (Å²) in [5.41, 5.74) is 4.80. The third-order valence-corrected chi connectivity index (χ3v) is 6.39. The van der Waals surface area contributed by atoms with Crippen molar-refractivity contribution in [3.05, 3.63) is 57.9 Å². The van der Waals surface area contributed by atoms with E-state index in [0.29, 0.717) is 0 Å². The molecule has 3 aromatic rings. The van der Waals surface area contributed by atoms with Crippen LogP contribution in [-0.2, 0) is 0 Å². The first-order chi connectivity index (χ1) is 10.2. The van der Waals surface area contributed by atoms with Crippen LogP contribution in [-0.4, -0.2) is 7.11 Å². The molecule has 0 unspecified atom stereocenters. The van der Waals surface area contributed by atoms with E-state index in [0.717, 1.165) is 20.7 Å². The molecule has 106 valence electrons. The predicted molar refractivity (Wildman–Crippen MR) is 95.2 cm³/mol. The molecule has 0 saturated heterocycles. The molecule has 1 nitrogen and oxygen atoms in total. The number of methoxy groups -OCH3 is 1. The normalized spacial score (nSPS) is 10.6. The van der Waals surface area contributed by atoms with Gasteiger partial charge in [0.2, 0.25) is 0 Å². The Kier molecular flexibility index (Phi) is 4.19. The minimum atomic E-state index is 0.862. The summed E-state index contributed by atoms with van der Waals surface area (Å²) in [6.45, 7) is 2.10. The Morgan fingerprint density at radius 1 is 0.857 bits per heavy atom. The summed E-state index contributed by atoms with van der Waals surface area (Å²) in [4.78, 5) is 1.25. The van der Waals surface area contributed by atoms with E-state index in [1.165, 1.54) is 16.0 Å². The summed E-state index contributed by atoms with van der Waals surface area (Å²) in [7, 11) is 5.08. The van der Waals surface area contributed by atoms with Crippen molar-refractivity contribution in [3.63, 3.8) is 0 Å². The van der Waals surface area contributed by atoms with Gasteiger partial charge in [-0.25, -0.2) is 0 Å². The van der Waals surface area contributed by atoms with Gasteiger partial charge in [-0.1, -0.05) is 74.9 Å². The molecule has 0 atom stereocenters. The fourth-order valence-electron chi connectivity index (χ4n) is 2.16. The first-order valence-corrected chi connectivity index (χ1v) is 9.09. The molecule has 4 heteroatoms. The smallest absolute Gasteiger partial charge is 0.118 e. The van der Waals surface area contributed by atoms with E-state index in [1.54, 1.807) is 27.8 Å². The SMILES string of the molecule is COc1ccc(-c2c(-c3ccc(C)cc3)ssc2=S)cc1. The molecule has 0 radical (unpaired) electrons. The Morgan fingerprint density at radius 2 is 1.48 bits per heavy atom. The highest BCUT2D eigenvalue weighted by atomic mass is 32.9. The zero-order valence-corrected chi connectivity index (χ0v) is 14.2. The molecule has 0 saturated carbocycles. The van der Waals surface area contributed by atoms with Crippen LogP contribution in [0, 0.1) is 10.7 Å². The summed E-state index contributed by atoms with van der Waals surface area (Å²) in [6.07, 6.45) is 0. The van der Waals surface area contributed by atoms with Crippen LogP contribution in [0.25, 0.3) is 21.6 Å². The maximum absolute atomic E-state index is 5.54. The van der Waals surface area contributed by atoms with Gasteiger partial charge in [0.25, 0.3) is 0 Å². The molecule has 2 aromatic carbocycles. The van der Waals surface area contributed by atoms with Gasteiger partial charge in [0.05, 0.1) is 12.0 Å². The van der Waals surface area contributed by atoms with Gasteiger partial charge in [0, 0.05) is 5.56 Å². The Hall–Kier alpha value is -1.49. The van der Waals surface area contributed by atoms with Crippen molar-refractivity contribution in [2.24, 2.45) is 0 Å². The van der Waals surface area contributed by atoms with Crippen molar-refractivity contribution in [3.8, 4) is 27.3 Å². The molecular weight excluding hydrogens is 316 g/mol. The Bertz CT molecular complexity index is 795. The lowest BCUT2D eigenvalue weighted by molar-refractivity contribution is 0.415. The van der Waals surface area contributed by atoms with Crippen LogP contribution >= 0.6 is 32.9 Å². The molecule has 0 N–H and O–H groups in total. The topological polar surface area (TPSA) is 9.23 Å². The number of aryl methyl sites for hydroxylation is 1. The van der Waals surface area contributed by atoms with Crippen LogP contribution in [0.2, 0.25) is 0 Å². The second-order valence-corrected chi connectivity index (χ2v) is 7.57. The molecule has 21 heavy (non-hydrogen) atoms. The summed E-state index contributed by atoms with van der Waals surface area (Å²) >= 11 is 5.54. The Morgan fingerprint density at radius 3 is 2.10 bits per heavy atom. The lowest BCUT2D eigenvalue weighted by Crippen LogP contribution is -1.84. The van der Waals surface area contributed by atoms with Crippen LogP contribution < -0.4 is 4.74 Å². The highest BCUT2D eigenvalue weighted by molar-refractivity contribution is 7.80. The fraction of sp³-hybridized carbons (Fsp3) is 0.118. The minimum absolute atomic E-state index is 0.862. The molecule has 0 bridgehead atoms. The molecule has 0 aliphatic carbocycles.